The van der Waals surface area contributed by atoms with Crippen molar-refractivity contribution in [2.45, 2.75) is 25.4 Å². The Morgan fingerprint density at radius 3 is 2.48 bits per heavy atom. The third kappa shape index (κ3) is 5.40. The zero-order valence-electron chi connectivity index (χ0n) is 11.8. The van der Waals surface area contributed by atoms with Gasteiger partial charge in [-0.3, -0.25) is 4.79 Å². The van der Waals surface area contributed by atoms with Crippen LogP contribution in [-0.2, 0) is 16.0 Å². The average molecular weight is 291 g/mol. The number of phenolic OH excluding ortho intramolecular Hbond substituents is 1. The van der Waals surface area contributed by atoms with E-state index in [1.807, 2.05) is 6.07 Å². The Bertz CT molecular complexity index is 536. The number of hydrogen-bond acceptors (Lipinski definition) is 5. The van der Waals surface area contributed by atoms with Crippen molar-refractivity contribution in [1.82, 2.24) is 10.6 Å². The van der Waals surface area contributed by atoms with E-state index in [1.165, 1.54) is 26.2 Å². The number of nitrogens with one attached hydrogen (secondary N) is 2. The van der Waals surface area contributed by atoms with Gasteiger partial charge in [-0.1, -0.05) is 12.1 Å². The lowest BCUT2D eigenvalue weighted by atomic mass is 10.0. The van der Waals surface area contributed by atoms with Crippen molar-refractivity contribution in [3.8, 4) is 11.8 Å². The number of carbonyl (C=O) groups excluding carboxylic acids is 2. The van der Waals surface area contributed by atoms with Crippen LogP contribution in [0.4, 0.5) is 4.79 Å². The third-order valence-corrected chi connectivity index (χ3v) is 2.72. The molecule has 112 valence electrons. The largest absolute Gasteiger partial charge is 0.508 e. The minimum Gasteiger partial charge on any atom is -0.508 e. The molecule has 0 aliphatic rings. The molecule has 1 aromatic rings. The van der Waals surface area contributed by atoms with Gasteiger partial charge in [0.1, 0.15) is 17.8 Å². The van der Waals surface area contributed by atoms with Gasteiger partial charge in [-0.25, -0.2) is 4.79 Å². The van der Waals surface area contributed by atoms with Crippen LogP contribution in [0.5, 0.6) is 5.75 Å². The van der Waals surface area contributed by atoms with Gasteiger partial charge < -0.3 is 20.5 Å². The second-order valence-corrected chi connectivity index (χ2v) is 4.42. The maximum Gasteiger partial charge on any atom is 0.407 e. The first-order valence-electron chi connectivity index (χ1n) is 6.28. The molecule has 0 aliphatic heterocycles. The van der Waals surface area contributed by atoms with Gasteiger partial charge in [0.05, 0.1) is 13.2 Å². The summed E-state index contributed by atoms with van der Waals surface area (Å²) >= 11 is 0. The fourth-order valence-corrected chi connectivity index (χ4v) is 1.62. The maximum atomic E-state index is 12.1. The van der Waals surface area contributed by atoms with E-state index in [-0.39, 0.29) is 12.2 Å². The highest BCUT2D eigenvalue weighted by molar-refractivity contribution is 5.86. The second-order valence-electron chi connectivity index (χ2n) is 4.42. The Morgan fingerprint density at radius 1 is 1.33 bits per heavy atom. The van der Waals surface area contributed by atoms with E-state index in [1.54, 1.807) is 12.1 Å². The molecule has 0 radical (unpaired) electrons. The minimum absolute atomic E-state index is 0.110. The van der Waals surface area contributed by atoms with Crippen LogP contribution in [0.2, 0.25) is 0 Å². The van der Waals surface area contributed by atoms with E-state index in [0.717, 1.165) is 5.56 Å². The summed E-state index contributed by atoms with van der Waals surface area (Å²) in [5.74, 6) is -0.374. The highest BCUT2D eigenvalue weighted by atomic mass is 16.5. The van der Waals surface area contributed by atoms with Crippen molar-refractivity contribution >= 4 is 12.0 Å². The van der Waals surface area contributed by atoms with Crippen LogP contribution in [0.3, 0.4) is 0 Å². The van der Waals surface area contributed by atoms with Crippen LogP contribution in [0.15, 0.2) is 24.3 Å². The Balaban J connectivity index is 2.81. The number of amides is 2. The van der Waals surface area contributed by atoms with Gasteiger partial charge in [-0.15, -0.1) is 0 Å². The number of nitriles is 1. The van der Waals surface area contributed by atoms with Crippen molar-refractivity contribution in [1.29, 1.82) is 5.26 Å². The minimum atomic E-state index is -0.877. The first-order valence-corrected chi connectivity index (χ1v) is 6.28. The van der Waals surface area contributed by atoms with Crippen LogP contribution < -0.4 is 10.6 Å². The second kappa shape index (κ2) is 7.75. The van der Waals surface area contributed by atoms with Gasteiger partial charge in [-0.2, -0.15) is 5.26 Å². The summed E-state index contributed by atoms with van der Waals surface area (Å²) in [4.78, 5) is 23.4. The number of phenols is 1. The lowest BCUT2D eigenvalue weighted by Crippen LogP contribution is -2.49. The Hall–Kier alpha value is -2.75. The molecule has 0 saturated carbocycles. The molecule has 0 heterocycles. The summed E-state index contributed by atoms with van der Waals surface area (Å²) in [5.41, 5.74) is 0.744. The van der Waals surface area contributed by atoms with E-state index in [0.29, 0.717) is 0 Å². The molecule has 1 aromatic carbocycles. The molecule has 0 aromatic heterocycles. The zero-order chi connectivity index (χ0) is 15.8. The molecule has 0 spiro atoms. The van der Waals surface area contributed by atoms with Gasteiger partial charge in [0.15, 0.2) is 0 Å². The van der Waals surface area contributed by atoms with Crippen molar-refractivity contribution in [2.24, 2.45) is 0 Å². The topological polar surface area (TPSA) is 111 Å². The zero-order valence-corrected chi connectivity index (χ0v) is 11.8. The standard InChI is InChI=1S/C14H17N3O4/c1-9(8-15)16-13(19)12(17-14(20)21-2)7-10-3-5-11(18)6-4-10/h3-6,9,12,18H,7H2,1-2H3,(H,16,19)(H,17,20). The van der Waals surface area contributed by atoms with E-state index in [4.69, 9.17) is 5.26 Å². The molecule has 2 amide bonds. The molecular weight excluding hydrogens is 274 g/mol. The van der Waals surface area contributed by atoms with Gasteiger partial charge in [-0.05, 0) is 24.6 Å². The quantitative estimate of drug-likeness (QED) is 0.739. The predicted octanol–water partition coefficient (Wildman–Crippen LogP) is 0.688. The van der Waals surface area contributed by atoms with Crippen LogP contribution >= 0.6 is 0 Å². The Morgan fingerprint density at radius 2 is 1.95 bits per heavy atom. The molecule has 1 rings (SSSR count). The molecule has 2 unspecified atom stereocenters. The van der Waals surface area contributed by atoms with Crippen molar-refractivity contribution in [3.05, 3.63) is 29.8 Å². The molecule has 0 aliphatic carbocycles. The summed E-state index contributed by atoms with van der Waals surface area (Å²) in [6.07, 6.45) is -0.530. The van der Waals surface area contributed by atoms with E-state index in [9.17, 15) is 14.7 Å². The molecule has 0 saturated heterocycles. The summed E-state index contributed by atoms with van der Waals surface area (Å²) in [6.45, 7) is 1.54. The lowest BCUT2D eigenvalue weighted by molar-refractivity contribution is -0.123. The third-order valence-electron chi connectivity index (χ3n) is 2.72. The van der Waals surface area contributed by atoms with Crippen LogP contribution in [0, 0.1) is 11.3 Å². The summed E-state index contributed by atoms with van der Waals surface area (Å²) in [5, 5.41) is 22.8. The molecule has 21 heavy (non-hydrogen) atoms. The number of ether oxygens (including phenoxy) is 1. The monoisotopic (exact) mass is 291 g/mol. The fourth-order valence-electron chi connectivity index (χ4n) is 1.62. The Labute approximate surface area is 122 Å². The maximum absolute atomic E-state index is 12.1. The fraction of sp³-hybridized carbons (Fsp3) is 0.357. The van der Waals surface area contributed by atoms with Crippen LogP contribution in [0.25, 0.3) is 0 Å². The summed E-state index contributed by atoms with van der Waals surface area (Å²) in [7, 11) is 1.20. The first-order chi connectivity index (χ1) is 9.96. The van der Waals surface area contributed by atoms with Gasteiger partial charge in [0.2, 0.25) is 5.91 Å². The molecule has 7 nitrogen and oxygen atoms in total. The van der Waals surface area contributed by atoms with Gasteiger partial charge >= 0.3 is 6.09 Å². The summed E-state index contributed by atoms with van der Waals surface area (Å²) < 4.78 is 4.48. The molecule has 3 N–H and O–H groups in total. The van der Waals surface area contributed by atoms with Crippen LogP contribution in [-0.4, -0.2) is 36.3 Å². The lowest BCUT2D eigenvalue weighted by Gasteiger charge is -2.18. The van der Waals surface area contributed by atoms with E-state index >= 15 is 0 Å². The van der Waals surface area contributed by atoms with Crippen molar-refractivity contribution in [2.75, 3.05) is 7.11 Å². The van der Waals surface area contributed by atoms with E-state index in [2.05, 4.69) is 15.4 Å². The number of rotatable bonds is 5. The first kappa shape index (κ1) is 16.3. The number of nitrogens with zero attached hydrogens (tertiary/aromatic N) is 1. The smallest absolute Gasteiger partial charge is 0.407 e. The number of alkyl carbamates (subject to hydrolysis) is 1. The normalized spacial score (nSPS) is 12.6. The Kier molecular flexibility index (Phi) is 6.01. The van der Waals surface area contributed by atoms with Crippen molar-refractivity contribution < 1.29 is 19.4 Å². The molecule has 2 atom stereocenters. The molecule has 0 bridgehead atoms. The number of aromatic hydroxyl groups is 1. The van der Waals surface area contributed by atoms with E-state index < -0.39 is 24.1 Å². The van der Waals surface area contributed by atoms with Crippen LogP contribution in [0.1, 0.15) is 12.5 Å². The highest BCUT2D eigenvalue weighted by Gasteiger charge is 2.22. The number of carbonyl (C=O) groups is 2. The summed E-state index contributed by atoms with van der Waals surface area (Å²) in [6, 6.07) is 6.59. The molecule has 0 fully saturated rings. The van der Waals surface area contributed by atoms with Crippen molar-refractivity contribution in [3.63, 3.8) is 0 Å². The molecule has 7 heteroatoms. The van der Waals surface area contributed by atoms with Gasteiger partial charge in [0, 0.05) is 6.42 Å². The number of hydrogen-bond donors (Lipinski definition) is 3. The predicted molar refractivity (Wildman–Crippen MR) is 74.4 cm³/mol. The highest BCUT2D eigenvalue weighted by Crippen LogP contribution is 2.11. The average Bonchev–Trinajstić information content (AvgIpc) is 2.48. The van der Waals surface area contributed by atoms with Gasteiger partial charge in [0.25, 0.3) is 0 Å². The SMILES string of the molecule is COC(=O)NC(Cc1ccc(O)cc1)C(=O)NC(C)C#N. The number of methoxy groups -OCH3 is 1. The number of benzene rings is 1. The molecular formula is C14H17N3O4.